The van der Waals surface area contributed by atoms with Gasteiger partial charge in [-0.15, -0.1) is 0 Å². The predicted octanol–water partition coefficient (Wildman–Crippen LogP) is 4.14. The number of rotatable bonds is 2. The van der Waals surface area contributed by atoms with Gasteiger partial charge in [-0.3, -0.25) is 4.79 Å². The van der Waals surface area contributed by atoms with E-state index in [1.165, 1.54) is 11.1 Å². The molecule has 1 amide bonds. The van der Waals surface area contributed by atoms with Crippen molar-refractivity contribution < 1.29 is 4.79 Å². The van der Waals surface area contributed by atoms with Gasteiger partial charge in [0.15, 0.2) is 0 Å². The molecule has 2 aromatic carbocycles. The molecule has 0 saturated carbocycles. The largest absolute Gasteiger partial charge is 0.371 e. The number of hydrogen-bond acceptors (Lipinski definition) is 2. The maximum absolute atomic E-state index is 12.9. The molecular formula is C21H23ClN2O. The van der Waals surface area contributed by atoms with E-state index in [1.54, 1.807) is 0 Å². The third-order valence-electron chi connectivity index (χ3n) is 5.46. The Morgan fingerprint density at radius 3 is 2.48 bits per heavy atom. The summed E-state index contributed by atoms with van der Waals surface area (Å²) in [5.74, 6) is 0.487. The van der Waals surface area contributed by atoms with Crippen LogP contribution in [0.15, 0.2) is 48.5 Å². The number of halogens is 1. The van der Waals surface area contributed by atoms with Gasteiger partial charge in [0.1, 0.15) is 0 Å². The van der Waals surface area contributed by atoms with Crippen molar-refractivity contribution >= 4 is 23.2 Å². The summed E-state index contributed by atoms with van der Waals surface area (Å²) < 4.78 is 0. The molecule has 1 fully saturated rings. The molecule has 4 heteroatoms. The minimum Gasteiger partial charge on any atom is -0.371 e. The van der Waals surface area contributed by atoms with Crippen LogP contribution in [0.1, 0.15) is 24.0 Å². The first-order chi connectivity index (χ1) is 12.2. The molecule has 130 valence electrons. The van der Waals surface area contributed by atoms with Gasteiger partial charge >= 0.3 is 0 Å². The summed E-state index contributed by atoms with van der Waals surface area (Å²) in [6.07, 6.45) is 2.82. The standard InChI is InChI=1S/C21H23ClN2O/c22-19-6-3-7-20(14-19)23-11-9-17(10-12-23)21(25)24-13-8-16-4-1-2-5-18(16)15-24/h1-7,14,17H,8-13,15H2. The molecule has 0 aliphatic carbocycles. The Labute approximate surface area is 154 Å². The third-order valence-corrected chi connectivity index (χ3v) is 5.69. The second-order valence-electron chi connectivity index (χ2n) is 7.02. The normalized spacial score (nSPS) is 18.1. The van der Waals surface area contributed by atoms with E-state index in [2.05, 4.69) is 40.1 Å². The fourth-order valence-corrected chi connectivity index (χ4v) is 4.18. The number of hydrogen-bond donors (Lipinski definition) is 0. The predicted molar refractivity (Wildman–Crippen MR) is 102 cm³/mol. The highest BCUT2D eigenvalue weighted by Crippen LogP contribution is 2.28. The summed E-state index contributed by atoms with van der Waals surface area (Å²) in [6.45, 7) is 3.45. The van der Waals surface area contributed by atoms with E-state index in [0.29, 0.717) is 5.91 Å². The first-order valence-electron chi connectivity index (χ1n) is 9.07. The van der Waals surface area contributed by atoms with Crippen molar-refractivity contribution in [3.05, 3.63) is 64.7 Å². The quantitative estimate of drug-likeness (QED) is 0.809. The number of amides is 1. The summed E-state index contributed by atoms with van der Waals surface area (Å²) in [5, 5.41) is 0.766. The molecule has 0 N–H and O–H groups in total. The molecule has 0 radical (unpaired) electrons. The Hall–Kier alpha value is -2.00. The van der Waals surface area contributed by atoms with Crippen molar-refractivity contribution in [1.29, 1.82) is 0 Å². The monoisotopic (exact) mass is 354 g/mol. The topological polar surface area (TPSA) is 23.6 Å². The first-order valence-corrected chi connectivity index (χ1v) is 9.44. The second-order valence-corrected chi connectivity index (χ2v) is 7.46. The number of nitrogens with zero attached hydrogens (tertiary/aromatic N) is 2. The van der Waals surface area contributed by atoms with Crippen molar-refractivity contribution in [1.82, 2.24) is 4.90 Å². The van der Waals surface area contributed by atoms with Gasteiger partial charge < -0.3 is 9.80 Å². The molecule has 2 heterocycles. The fraction of sp³-hybridized carbons (Fsp3) is 0.381. The zero-order valence-electron chi connectivity index (χ0n) is 14.3. The van der Waals surface area contributed by atoms with E-state index in [-0.39, 0.29) is 5.92 Å². The van der Waals surface area contributed by atoms with Crippen molar-refractivity contribution in [3.63, 3.8) is 0 Å². The molecule has 4 rings (SSSR count). The number of carbonyl (C=O) groups is 1. The van der Waals surface area contributed by atoms with E-state index in [4.69, 9.17) is 11.6 Å². The van der Waals surface area contributed by atoms with Gasteiger partial charge in [-0.2, -0.15) is 0 Å². The Bertz CT molecular complexity index is 768. The Morgan fingerprint density at radius 1 is 0.960 bits per heavy atom. The van der Waals surface area contributed by atoms with Crippen LogP contribution in [-0.2, 0) is 17.8 Å². The summed E-state index contributed by atoms with van der Waals surface area (Å²) in [5.41, 5.74) is 3.85. The Kier molecular flexibility index (Phi) is 4.67. The fourth-order valence-electron chi connectivity index (χ4n) is 4.00. The van der Waals surface area contributed by atoms with Crippen LogP contribution in [0, 0.1) is 5.92 Å². The maximum atomic E-state index is 12.9. The van der Waals surface area contributed by atoms with E-state index >= 15 is 0 Å². The smallest absolute Gasteiger partial charge is 0.226 e. The van der Waals surface area contributed by atoms with E-state index in [9.17, 15) is 4.79 Å². The van der Waals surface area contributed by atoms with Gasteiger partial charge in [0.2, 0.25) is 5.91 Å². The van der Waals surface area contributed by atoms with Gasteiger partial charge in [-0.25, -0.2) is 0 Å². The molecule has 3 nitrogen and oxygen atoms in total. The maximum Gasteiger partial charge on any atom is 0.226 e. The van der Waals surface area contributed by atoms with Gasteiger partial charge in [-0.1, -0.05) is 41.9 Å². The lowest BCUT2D eigenvalue weighted by Crippen LogP contribution is -2.44. The lowest BCUT2D eigenvalue weighted by atomic mass is 9.93. The summed E-state index contributed by atoms with van der Waals surface area (Å²) in [4.78, 5) is 17.3. The van der Waals surface area contributed by atoms with E-state index in [0.717, 1.165) is 56.2 Å². The van der Waals surface area contributed by atoms with Crippen LogP contribution in [0.2, 0.25) is 5.02 Å². The molecule has 0 aromatic heterocycles. The number of fused-ring (bicyclic) bond motifs is 1. The molecule has 0 unspecified atom stereocenters. The molecule has 2 aliphatic rings. The Balaban J connectivity index is 1.37. The van der Waals surface area contributed by atoms with Crippen LogP contribution < -0.4 is 4.90 Å². The van der Waals surface area contributed by atoms with E-state index in [1.807, 2.05) is 18.2 Å². The lowest BCUT2D eigenvalue weighted by molar-refractivity contribution is -0.137. The first kappa shape index (κ1) is 16.5. The Morgan fingerprint density at radius 2 is 1.72 bits per heavy atom. The van der Waals surface area contributed by atoms with Crippen LogP contribution >= 0.6 is 11.6 Å². The molecule has 25 heavy (non-hydrogen) atoms. The van der Waals surface area contributed by atoms with E-state index < -0.39 is 0 Å². The molecule has 0 spiro atoms. The zero-order chi connectivity index (χ0) is 17.2. The summed E-state index contributed by atoms with van der Waals surface area (Å²) in [7, 11) is 0. The van der Waals surface area contributed by atoms with Crippen molar-refractivity contribution in [2.45, 2.75) is 25.8 Å². The number of carbonyl (C=O) groups excluding carboxylic acids is 1. The van der Waals surface area contributed by atoms with Gasteiger partial charge in [0, 0.05) is 42.8 Å². The van der Waals surface area contributed by atoms with Gasteiger partial charge in [0.05, 0.1) is 0 Å². The van der Waals surface area contributed by atoms with Gasteiger partial charge in [-0.05, 0) is 48.6 Å². The zero-order valence-corrected chi connectivity index (χ0v) is 15.1. The van der Waals surface area contributed by atoms with Crippen molar-refractivity contribution in [3.8, 4) is 0 Å². The molecule has 0 atom stereocenters. The minimum absolute atomic E-state index is 0.153. The third kappa shape index (κ3) is 3.52. The van der Waals surface area contributed by atoms with Crippen LogP contribution in [0.3, 0.4) is 0 Å². The molecular weight excluding hydrogens is 332 g/mol. The number of anilines is 1. The number of piperidine rings is 1. The highest BCUT2D eigenvalue weighted by atomic mass is 35.5. The summed E-state index contributed by atoms with van der Waals surface area (Å²) in [6, 6.07) is 16.5. The second kappa shape index (κ2) is 7.09. The molecule has 2 aliphatic heterocycles. The van der Waals surface area contributed by atoms with Crippen LogP contribution in [-0.4, -0.2) is 30.4 Å². The van der Waals surface area contributed by atoms with Crippen LogP contribution in [0.25, 0.3) is 0 Å². The molecule has 2 aromatic rings. The van der Waals surface area contributed by atoms with Gasteiger partial charge in [0.25, 0.3) is 0 Å². The average molecular weight is 355 g/mol. The minimum atomic E-state index is 0.153. The van der Waals surface area contributed by atoms with Crippen molar-refractivity contribution in [2.75, 3.05) is 24.5 Å². The average Bonchev–Trinajstić information content (AvgIpc) is 2.67. The number of benzene rings is 2. The highest BCUT2D eigenvalue weighted by Gasteiger charge is 2.30. The van der Waals surface area contributed by atoms with Crippen LogP contribution in [0.4, 0.5) is 5.69 Å². The lowest BCUT2D eigenvalue weighted by Gasteiger charge is -2.37. The van der Waals surface area contributed by atoms with Crippen molar-refractivity contribution in [2.24, 2.45) is 5.92 Å². The molecule has 1 saturated heterocycles. The highest BCUT2D eigenvalue weighted by molar-refractivity contribution is 6.30. The molecule has 0 bridgehead atoms. The van der Waals surface area contributed by atoms with Crippen LogP contribution in [0.5, 0.6) is 0 Å². The SMILES string of the molecule is O=C(C1CCN(c2cccc(Cl)c2)CC1)N1CCc2ccccc2C1. The summed E-state index contributed by atoms with van der Waals surface area (Å²) >= 11 is 6.10.